The largest absolute Gasteiger partial charge is 0.416 e. The molecule has 0 aliphatic heterocycles. The van der Waals surface area contributed by atoms with Gasteiger partial charge in [0.1, 0.15) is 0 Å². The molecule has 140 valence electrons. The van der Waals surface area contributed by atoms with Gasteiger partial charge in [0, 0.05) is 39.4 Å². The molecule has 0 saturated carbocycles. The Bertz CT molecular complexity index is 702. The number of nitrogens with zero attached hydrogens (tertiary/aromatic N) is 2. The third-order valence-electron chi connectivity index (χ3n) is 3.97. The summed E-state index contributed by atoms with van der Waals surface area (Å²) in [5, 5.41) is 2.80. The summed E-state index contributed by atoms with van der Waals surface area (Å²) < 4.78 is 37.7. The zero-order valence-electron chi connectivity index (χ0n) is 14.8. The highest BCUT2D eigenvalue weighted by atomic mass is 19.4. The Morgan fingerprint density at radius 3 is 2.19 bits per heavy atom. The Hall–Kier alpha value is -2.70. The minimum Gasteiger partial charge on any atom is -0.373 e. The number of rotatable bonds is 6. The molecule has 26 heavy (non-hydrogen) atoms. The fraction of sp³-hybridized carbons (Fsp3) is 0.316. The van der Waals surface area contributed by atoms with E-state index < -0.39 is 11.7 Å². The van der Waals surface area contributed by atoms with Crippen LogP contribution in [0, 0.1) is 0 Å². The molecule has 0 fully saturated rings. The van der Waals surface area contributed by atoms with Gasteiger partial charge in [0.05, 0.1) is 5.56 Å². The van der Waals surface area contributed by atoms with Crippen LogP contribution in [0.4, 0.5) is 23.7 Å². The number of nitrogens with one attached hydrogen (secondary N) is 1. The van der Waals surface area contributed by atoms with E-state index in [-0.39, 0.29) is 12.6 Å². The minimum absolute atomic E-state index is 0.235. The first-order valence-corrected chi connectivity index (χ1v) is 8.18. The number of carbonyl (C=O) groups excluding carboxylic acids is 1. The second-order valence-corrected chi connectivity index (χ2v) is 6.04. The summed E-state index contributed by atoms with van der Waals surface area (Å²) in [5.74, 6) is 0. The molecule has 0 spiro atoms. The lowest BCUT2D eigenvalue weighted by Gasteiger charge is -2.22. The van der Waals surface area contributed by atoms with Gasteiger partial charge < -0.3 is 15.1 Å². The number of amides is 2. The van der Waals surface area contributed by atoms with Gasteiger partial charge in [-0.3, -0.25) is 0 Å². The predicted octanol–water partition coefficient (Wildman–Crippen LogP) is 3.98. The van der Waals surface area contributed by atoms with Crippen molar-refractivity contribution in [1.82, 2.24) is 10.2 Å². The number of likely N-dealkylation sites (N-methyl/N-ethyl adjacent to an activating group) is 1. The summed E-state index contributed by atoms with van der Waals surface area (Å²) in [6.07, 6.45) is -4.35. The fourth-order valence-corrected chi connectivity index (χ4v) is 2.42. The zero-order chi connectivity index (χ0) is 19.2. The van der Waals surface area contributed by atoms with Crippen molar-refractivity contribution in [2.75, 3.05) is 32.1 Å². The van der Waals surface area contributed by atoms with Crippen LogP contribution in [0.2, 0.25) is 0 Å². The summed E-state index contributed by atoms with van der Waals surface area (Å²) >= 11 is 0. The van der Waals surface area contributed by atoms with Crippen molar-refractivity contribution in [2.45, 2.75) is 12.7 Å². The smallest absolute Gasteiger partial charge is 0.373 e. The first kappa shape index (κ1) is 19.6. The van der Waals surface area contributed by atoms with E-state index in [0.717, 1.165) is 17.8 Å². The monoisotopic (exact) mass is 365 g/mol. The molecular weight excluding hydrogens is 343 g/mol. The van der Waals surface area contributed by atoms with Crippen LogP contribution in [0.25, 0.3) is 0 Å². The van der Waals surface area contributed by atoms with Crippen LogP contribution < -0.4 is 10.2 Å². The van der Waals surface area contributed by atoms with Gasteiger partial charge in [-0.1, -0.05) is 30.3 Å². The molecule has 1 N–H and O–H groups in total. The van der Waals surface area contributed by atoms with E-state index in [1.54, 1.807) is 7.05 Å². The van der Waals surface area contributed by atoms with Crippen LogP contribution in [0.1, 0.15) is 11.1 Å². The van der Waals surface area contributed by atoms with Crippen molar-refractivity contribution in [3.63, 3.8) is 0 Å². The van der Waals surface area contributed by atoms with Crippen LogP contribution in [0.3, 0.4) is 0 Å². The number of carbonyl (C=O) groups is 1. The molecule has 0 aromatic heterocycles. The Kier molecular flexibility index (Phi) is 6.49. The van der Waals surface area contributed by atoms with Crippen molar-refractivity contribution in [1.29, 1.82) is 0 Å². The van der Waals surface area contributed by atoms with E-state index in [1.807, 2.05) is 42.3 Å². The van der Waals surface area contributed by atoms with Gasteiger partial charge in [-0.25, -0.2) is 4.79 Å². The van der Waals surface area contributed by atoms with Crippen molar-refractivity contribution in [2.24, 2.45) is 0 Å². The quantitative estimate of drug-likeness (QED) is 0.840. The maximum absolute atomic E-state index is 12.6. The van der Waals surface area contributed by atoms with Gasteiger partial charge in [0.15, 0.2) is 0 Å². The average molecular weight is 365 g/mol. The Morgan fingerprint density at radius 2 is 1.62 bits per heavy atom. The number of para-hydroxylation sites is 1. The molecule has 7 heteroatoms. The summed E-state index contributed by atoms with van der Waals surface area (Å²) in [6, 6.07) is 14.3. The molecule has 4 nitrogen and oxygen atoms in total. The summed E-state index contributed by atoms with van der Waals surface area (Å²) in [5.41, 5.74) is 0.995. The van der Waals surface area contributed by atoms with Crippen molar-refractivity contribution < 1.29 is 18.0 Å². The molecule has 0 atom stereocenters. The van der Waals surface area contributed by atoms with E-state index in [2.05, 4.69) is 5.32 Å². The number of alkyl halides is 3. The highest BCUT2D eigenvalue weighted by molar-refractivity contribution is 5.73. The van der Waals surface area contributed by atoms with Crippen molar-refractivity contribution >= 4 is 11.7 Å². The predicted molar refractivity (Wildman–Crippen MR) is 96.0 cm³/mol. The number of anilines is 1. The number of halogens is 3. The molecule has 0 bridgehead atoms. The maximum atomic E-state index is 12.6. The third kappa shape index (κ3) is 5.68. The van der Waals surface area contributed by atoms with Crippen LogP contribution >= 0.6 is 0 Å². The fourth-order valence-electron chi connectivity index (χ4n) is 2.42. The molecule has 0 heterocycles. The first-order valence-electron chi connectivity index (χ1n) is 8.18. The molecule has 0 saturated heterocycles. The number of urea groups is 1. The molecule has 2 aromatic carbocycles. The van der Waals surface area contributed by atoms with Gasteiger partial charge in [-0.2, -0.15) is 13.2 Å². The molecule has 2 rings (SSSR count). The van der Waals surface area contributed by atoms with E-state index in [4.69, 9.17) is 0 Å². The second kappa shape index (κ2) is 8.60. The second-order valence-electron chi connectivity index (χ2n) is 6.04. The molecule has 2 aromatic rings. The van der Waals surface area contributed by atoms with Crippen molar-refractivity contribution in [3.05, 3.63) is 65.7 Å². The number of hydrogen-bond acceptors (Lipinski definition) is 2. The topological polar surface area (TPSA) is 35.6 Å². The lowest BCUT2D eigenvalue weighted by atomic mass is 10.1. The Morgan fingerprint density at radius 1 is 1.00 bits per heavy atom. The van der Waals surface area contributed by atoms with Gasteiger partial charge >= 0.3 is 12.2 Å². The summed E-state index contributed by atoms with van der Waals surface area (Å²) in [7, 11) is 3.54. The number of hydrogen-bond donors (Lipinski definition) is 1. The highest BCUT2D eigenvalue weighted by Gasteiger charge is 2.29. The molecule has 0 unspecified atom stereocenters. The molecular formula is C19H22F3N3O. The molecule has 2 amide bonds. The van der Waals surface area contributed by atoms with E-state index in [1.165, 1.54) is 17.0 Å². The van der Waals surface area contributed by atoms with E-state index >= 15 is 0 Å². The average Bonchev–Trinajstić information content (AvgIpc) is 2.62. The normalized spacial score (nSPS) is 11.1. The lowest BCUT2D eigenvalue weighted by Crippen LogP contribution is -2.40. The molecule has 0 radical (unpaired) electrons. The zero-order valence-corrected chi connectivity index (χ0v) is 14.8. The Labute approximate surface area is 151 Å². The summed E-state index contributed by atoms with van der Waals surface area (Å²) in [6.45, 7) is 1.34. The van der Waals surface area contributed by atoms with Gasteiger partial charge in [0.25, 0.3) is 0 Å². The van der Waals surface area contributed by atoms with Gasteiger partial charge in [0.2, 0.25) is 0 Å². The van der Waals surface area contributed by atoms with Crippen LogP contribution in [0.15, 0.2) is 54.6 Å². The third-order valence-corrected chi connectivity index (χ3v) is 3.97. The molecule has 0 aliphatic carbocycles. The standard InChI is InChI=1S/C19H22F3N3O/c1-24(17-6-4-3-5-7-17)13-12-23-18(26)25(2)14-15-8-10-16(11-9-15)19(20,21)22/h3-11H,12-14H2,1-2H3,(H,23,26). The summed E-state index contributed by atoms with van der Waals surface area (Å²) in [4.78, 5) is 15.6. The van der Waals surface area contributed by atoms with E-state index in [0.29, 0.717) is 18.7 Å². The number of benzene rings is 2. The van der Waals surface area contributed by atoms with Crippen LogP contribution in [-0.4, -0.2) is 38.1 Å². The maximum Gasteiger partial charge on any atom is 0.416 e. The Balaban J connectivity index is 1.78. The first-order chi connectivity index (χ1) is 12.3. The lowest BCUT2D eigenvalue weighted by molar-refractivity contribution is -0.137. The highest BCUT2D eigenvalue weighted by Crippen LogP contribution is 2.29. The van der Waals surface area contributed by atoms with Gasteiger partial charge in [-0.15, -0.1) is 0 Å². The van der Waals surface area contributed by atoms with Crippen LogP contribution in [-0.2, 0) is 12.7 Å². The van der Waals surface area contributed by atoms with Crippen LogP contribution in [0.5, 0.6) is 0 Å². The molecule has 0 aliphatic rings. The van der Waals surface area contributed by atoms with E-state index in [9.17, 15) is 18.0 Å². The van der Waals surface area contributed by atoms with Gasteiger partial charge in [-0.05, 0) is 29.8 Å². The minimum atomic E-state index is -4.35. The SMILES string of the molecule is CN(Cc1ccc(C(F)(F)F)cc1)C(=O)NCCN(C)c1ccccc1. The van der Waals surface area contributed by atoms with Crippen molar-refractivity contribution in [3.8, 4) is 0 Å².